The number of benzene rings is 1. The van der Waals surface area contributed by atoms with Gasteiger partial charge in [0.1, 0.15) is 0 Å². The van der Waals surface area contributed by atoms with E-state index in [1.165, 1.54) is 13.7 Å². The molecule has 1 fully saturated rings. The van der Waals surface area contributed by atoms with Crippen LogP contribution in [0, 0.1) is 0 Å². The van der Waals surface area contributed by atoms with Gasteiger partial charge in [-0.2, -0.15) is 4.98 Å². The maximum Gasteiger partial charge on any atom is 0.330 e. The minimum Gasteiger partial charge on any atom is -0.378 e. The lowest BCUT2D eigenvalue weighted by Gasteiger charge is -2.28. The summed E-state index contributed by atoms with van der Waals surface area (Å²) in [7, 11) is 3.32. The van der Waals surface area contributed by atoms with Crippen LogP contribution in [0.4, 0.5) is 5.95 Å². The van der Waals surface area contributed by atoms with E-state index in [2.05, 4.69) is 4.98 Å². The molecule has 0 spiro atoms. The molecule has 8 nitrogen and oxygen atoms in total. The maximum absolute atomic E-state index is 13.1. The van der Waals surface area contributed by atoms with E-state index in [9.17, 15) is 9.59 Å². The average molecular weight is 390 g/mol. The van der Waals surface area contributed by atoms with Gasteiger partial charge in [-0.3, -0.25) is 18.5 Å². The summed E-state index contributed by atoms with van der Waals surface area (Å²) in [6, 6.07) is 7.21. The van der Waals surface area contributed by atoms with E-state index in [1.54, 1.807) is 26.2 Å². The summed E-state index contributed by atoms with van der Waals surface area (Å²) in [6.45, 7) is 2.77. The van der Waals surface area contributed by atoms with Crippen LogP contribution in [-0.4, -0.2) is 45.0 Å². The molecule has 0 radical (unpaired) electrons. The summed E-state index contributed by atoms with van der Waals surface area (Å²) in [5.74, 6) is 0.551. The first-order valence-corrected chi connectivity index (χ1v) is 9.08. The second-order valence-corrected chi connectivity index (χ2v) is 7.04. The minimum atomic E-state index is -0.274. The van der Waals surface area contributed by atoms with Gasteiger partial charge in [0.2, 0.25) is 5.95 Å². The van der Waals surface area contributed by atoms with Gasteiger partial charge in [0.05, 0.1) is 19.8 Å². The van der Waals surface area contributed by atoms with Crippen LogP contribution in [0.15, 0.2) is 33.9 Å². The predicted octanol–water partition coefficient (Wildman–Crippen LogP) is 0.972. The number of aromatic nitrogens is 4. The van der Waals surface area contributed by atoms with Gasteiger partial charge < -0.3 is 9.64 Å². The largest absolute Gasteiger partial charge is 0.378 e. The van der Waals surface area contributed by atoms with E-state index in [4.69, 9.17) is 16.3 Å². The number of hydrogen-bond donors (Lipinski definition) is 0. The first-order valence-electron chi connectivity index (χ1n) is 8.71. The van der Waals surface area contributed by atoms with Gasteiger partial charge in [-0.25, -0.2) is 4.79 Å². The summed E-state index contributed by atoms with van der Waals surface area (Å²) in [4.78, 5) is 32.5. The number of anilines is 1. The molecule has 0 saturated carbocycles. The average Bonchev–Trinajstić information content (AvgIpc) is 2.92. The molecule has 1 aromatic carbocycles. The highest BCUT2D eigenvalue weighted by atomic mass is 35.5. The summed E-state index contributed by atoms with van der Waals surface area (Å²) in [6.07, 6.45) is 0. The van der Waals surface area contributed by atoms with Crippen molar-refractivity contribution in [3.8, 4) is 0 Å². The molecule has 3 heterocycles. The van der Waals surface area contributed by atoms with Crippen molar-refractivity contribution in [2.24, 2.45) is 14.1 Å². The molecule has 2 aromatic heterocycles. The van der Waals surface area contributed by atoms with Crippen molar-refractivity contribution in [2.45, 2.75) is 6.54 Å². The van der Waals surface area contributed by atoms with Crippen molar-refractivity contribution < 1.29 is 4.74 Å². The number of nitrogens with zero attached hydrogens (tertiary/aromatic N) is 5. The van der Waals surface area contributed by atoms with Gasteiger partial charge in [-0.15, -0.1) is 0 Å². The molecule has 9 heteroatoms. The van der Waals surface area contributed by atoms with Crippen LogP contribution in [0.2, 0.25) is 5.02 Å². The number of morpholine rings is 1. The lowest BCUT2D eigenvalue weighted by Crippen LogP contribution is -2.40. The van der Waals surface area contributed by atoms with Crippen molar-refractivity contribution in [3.05, 3.63) is 55.7 Å². The Morgan fingerprint density at radius 2 is 1.74 bits per heavy atom. The van der Waals surface area contributed by atoms with Crippen LogP contribution in [-0.2, 0) is 25.4 Å². The van der Waals surface area contributed by atoms with Crippen molar-refractivity contribution >= 4 is 28.7 Å². The fraction of sp³-hybridized carbons (Fsp3) is 0.389. The first-order chi connectivity index (χ1) is 13.0. The fourth-order valence-electron chi connectivity index (χ4n) is 3.37. The fourth-order valence-corrected chi connectivity index (χ4v) is 3.50. The number of rotatable bonds is 3. The smallest absolute Gasteiger partial charge is 0.330 e. The molecule has 0 bridgehead atoms. The van der Waals surface area contributed by atoms with Gasteiger partial charge in [0.15, 0.2) is 11.2 Å². The lowest BCUT2D eigenvalue weighted by atomic mass is 10.2. The van der Waals surface area contributed by atoms with Crippen molar-refractivity contribution in [1.82, 2.24) is 18.7 Å². The third-order valence-corrected chi connectivity index (χ3v) is 5.13. The first kappa shape index (κ1) is 17.8. The molecule has 142 valence electrons. The van der Waals surface area contributed by atoms with Crippen molar-refractivity contribution in [2.75, 3.05) is 31.2 Å². The van der Waals surface area contributed by atoms with Gasteiger partial charge in [-0.05, 0) is 17.7 Å². The Labute approximate surface area is 160 Å². The molecular formula is C18H20ClN5O3. The lowest BCUT2D eigenvalue weighted by molar-refractivity contribution is 0.121. The van der Waals surface area contributed by atoms with Crippen LogP contribution in [0.5, 0.6) is 0 Å². The molecule has 0 unspecified atom stereocenters. The summed E-state index contributed by atoms with van der Waals surface area (Å²) in [5.41, 5.74) is 1.06. The van der Waals surface area contributed by atoms with Crippen LogP contribution in [0.25, 0.3) is 11.2 Å². The van der Waals surface area contributed by atoms with Gasteiger partial charge in [0.25, 0.3) is 5.56 Å². The van der Waals surface area contributed by atoms with Crippen LogP contribution in [0.1, 0.15) is 5.56 Å². The summed E-state index contributed by atoms with van der Waals surface area (Å²) >= 11 is 5.93. The van der Waals surface area contributed by atoms with E-state index in [0.717, 1.165) is 5.56 Å². The third kappa shape index (κ3) is 3.04. The molecule has 0 N–H and O–H groups in total. The zero-order chi connectivity index (χ0) is 19.1. The van der Waals surface area contributed by atoms with Gasteiger partial charge in [-0.1, -0.05) is 23.7 Å². The standard InChI is InChI=1S/C18H20ClN5O3/c1-21-15-14(24(18(21)26)11-12-3-5-13(19)6-4-12)16(25)22(2)17(20-15)23-7-9-27-10-8-23/h3-6H,7-11H2,1-2H3. The third-order valence-electron chi connectivity index (χ3n) is 4.88. The van der Waals surface area contributed by atoms with Crippen LogP contribution in [0.3, 0.4) is 0 Å². The van der Waals surface area contributed by atoms with E-state index in [0.29, 0.717) is 48.4 Å². The Kier molecular flexibility index (Phi) is 4.53. The molecule has 3 aromatic rings. The second-order valence-electron chi connectivity index (χ2n) is 6.60. The van der Waals surface area contributed by atoms with Gasteiger partial charge in [0, 0.05) is 32.2 Å². The summed E-state index contributed by atoms with van der Waals surface area (Å²) < 4.78 is 9.78. The molecular weight excluding hydrogens is 370 g/mol. The number of imidazole rings is 1. The number of hydrogen-bond acceptors (Lipinski definition) is 5. The minimum absolute atomic E-state index is 0.242. The molecule has 1 saturated heterocycles. The Balaban J connectivity index is 1.87. The van der Waals surface area contributed by atoms with Crippen molar-refractivity contribution in [3.63, 3.8) is 0 Å². The molecule has 0 amide bonds. The van der Waals surface area contributed by atoms with E-state index < -0.39 is 0 Å². The van der Waals surface area contributed by atoms with E-state index in [-0.39, 0.29) is 17.8 Å². The number of ether oxygens (including phenoxy) is 1. The number of halogens is 1. The maximum atomic E-state index is 13.1. The normalized spacial score (nSPS) is 14.9. The van der Waals surface area contributed by atoms with Crippen LogP contribution >= 0.6 is 11.6 Å². The second kappa shape index (κ2) is 6.86. The monoisotopic (exact) mass is 389 g/mol. The highest BCUT2D eigenvalue weighted by molar-refractivity contribution is 6.30. The Bertz CT molecular complexity index is 1110. The zero-order valence-electron chi connectivity index (χ0n) is 15.2. The Hall–Kier alpha value is -2.58. The zero-order valence-corrected chi connectivity index (χ0v) is 15.9. The van der Waals surface area contributed by atoms with Crippen molar-refractivity contribution in [1.29, 1.82) is 0 Å². The molecule has 4 rings (SSSR count). The quantitative estimate of drug-likeness (QED) is 0.667. The number of fused-ring (bicyclic) bond motifs is 1. The molecule has 0 aliphatic carbocycles. The van der Waals surface area contributed by atoms with Crippen LogP contribution < -0.4 is 16.1 Å². The topological polar surface area (TPSA) is 74.3 Å². The van der Waals surface area contributed by atoms with E-state index >= 15 is 0 Å². The molecule has 1 aliphatic rings. The molecule has 27 heavy (non-hydrogen) atoms. The highest BCUT2D eigenvalue weighted by Gasteiger charge is 2.22. The molecule has 1 aliphatic heterocycles. The number of aryl methyl sites for hydroxylation is 1. The van der Waals surface area contributed by atoms with E-state index in [1.807, 2.05) is 17.0 Å². The molecule has 0 atom stereocenters. The summed E-state index contributed by atoms with van der Waals surface area (Å²) in [5, 5.41) is 0.622. The Morgan fingerprint density at radius 1 is 1.07 bits per heavy atom. The Morgan fingerprint density at radius 3 is 2.41 bits per heavy atom. The van der Waals surface area contributed by atoms with Gasteiger partial charge >= 0.3 is 5.69 Å². The SMILES string of the molecule is Cn1c(N2CCOCC2)nc2c(c1=O)n(Cc1ccc(Cl)cc1)c(=O)n2C. The highest BCUT2D eigenvalue weighted by Crippen LogP contribution is 2.16. The predicted molar refractivity (Wildman–Crippen MR) is 104 cm³/mol.